The predicted octanol–water partition coefficient (Wildman–Crippen LogP) is 2.13. The summed E-state index contributed by atoms with van der Waals surface area (Å²) < 4.78 is 37.3. The van der Waals surface area contributed by atoms with Crippen LogP contribution >= 0.6 is 15.9 Å². The van der Waals surface area contributed by atoms with E-state index in [1.54, 1.807) is 42.5 Å². The molecule has 154 valence electrons. The van der Waals surface area contributed by atoms with Crippen LogP contribution in [-0.4, -0.2) is 62.3 Å². The van der Waals surface area contributed by atoms with Crippen molar-refractivity contribution < 1.29 is 27.2 Å². The summed E-state index contributed by atoms with van der Waals surface area (Å²) in [6.45, 7) is 0.433. The fourth-order valence-electron chi connectivity index (χ4n) is 2.76. The minimum absolute atomic E-state index is 0.185. The summed E-state index contributed by atoms with van der Waals surface area (Å²) in [5.74, 6) is -0.573. The van der Waals surface area contributed by atoms with Crippen molar-refractivity contribution in [2.24, 2.45) is 0 Å². The first-order chi connectivity index (χ1) is 13.9. The maximum Gasteiger partial charge on any atom is 0.331 e. The Morgan fingerprint density at radius 1 is 1.07 bits per heavy atom. The van der Waals surface area contributed by atoms with Crippen molar-refractivity contribution in [2.45, 2.75) is 4.90 Å². The number of esters is 1. The molecule has 0 saturated carbocycles. The monoisotopic (exact) mass is 482 g/mol. The number of rotatable bonds is 6. The third kappa shape index (κ3) is 5.55. The molecule has 29 heavy (non-hydrogen) atoms. The van der Waals surface area contributed by atoms with Gasteiger partial charge in [0.2, 0.25) is 10.0 Å². The number of hydrogen-bond acceptors (Lipinski definition) is 6. The number of halogens is 1. The fraction of sp³-hybridized carbons (Fsp3) is 0.263. The summed E-state index contributed by atoms with van der Waals surface area (Å²) in [7, 11) is -3.58. The van der Waals surface area contributed by atoms with E-state index in [4.69, 9.17) is 9.15 Å². The van der Waals surface area contributed by atoms with Crippen LogP contribution < -0.4 is 0 Å². The summed E-state index contributed by atoms with van der Waals surface area (Å²) >= 11 is 3.15. The second-order valence-corrected chi connectivity index (χ2v) is 8.90. The largest absolute Gasteiger partial charge is 0.452 e. The van der Waals surface area contributed by atoms with E-state index < -0.39 is 22.6 Å². The molecule has 0 unspecified atom stereocenters. The van der Waals surface area contributed by atoms with Crippen molar-refractivity contribution in [3.05, 3.63) is 59.0 Å². The Morgan fingerprint density at radius 3 is 2.38 bits per heavy atom. The number of hydrogen-bond donors (Lipinski definition) is 0. The third-order valence-corrected chi connectivity index (χ3v) is 6.63. The zero-order chi connectivity index (χ0) is 20.9. The maximum absolute atomic E-state index is 12.6. The van der Waals surface area contributed by atoms with E-state index >= 15 is 0 Å². The number of amides is 1. The minimum Gasteiger partial charge on any atom is -0.452 e. The summed E-state index contributed by atoms with van der Waals surface area (Å²) in [6.07, 6.45) is 2.60. The van der Waals surface area contributed by atoms with Crippen LogP contribution in [0.1, 0.15) is 5.76 Å². The van der Waals surface area contributed by atoms with Crippen LogP contribution in [-0.2, 0) is 24.3 Å². The predicted molar refractivity (Wildman–Crippen MR) is 108 cm³/mol. The Labute approximate surface area is 176 Å². The molecule has 0 radical (unpaired) electrons. The van der Waals surface area contributed by atoms with E-state index in [2.05, 4.69) is 15.9 Å². The molecule has 1 aliphatic rings. The van der Waals surface area contributed by atoms with Gasteiger partial charge in [-0.2, -0.15) is 4.31 Å². The standard InChI is InChI=1S/C19H19BrN2O6S/c20-17-8-6-15(28-17)7-9-19(24)27-14-18(23)21-10-12-22(13-11-21)29(25,26)16-4-2-1-3-5-16/h1-9H,10-14H2/b9-7+. The van der Waals surface area contributed by atoms with Crippen LogP contribution in [0.25, 0.3) is 6.08 Å². The van der Waals surface area contributed by atoms with Gasteiger partial charge in [0.1, 0.15) is 5.76 Å². The van der Waals surface area contributed by atoms with Gasteiger partial charge >= 0.3 is 5.97 Å². The van der Waals surface area contributed by atoms with Crippen LogP contribution in [0.15, 0.2) is 62.5 Å². The first kappa shape index (κ1) is 21.3. The van der Waals surface area contributed by atoms with Gasteiger partial charge in [-0.3, -0.25) is 4.79 Å². The molecule has 3 rings (SSSR count). The zero-order valence-electron chi connectivity index (χ0n) is 15.4. The van der Waals surface area contributed by atoms with Crippen LogP contribution in [0.3, 0.4) is 0 Å². The Hall–Kier alpha value is -2.43. The lowest BCUT2D eigenvalue weighted by Gasteiger charge is -2.33. The topological polar surface area (TPSA) is 97.1 Å². The lowest BCUT2D eigenvalue weighted by atomic mass is 10.3. The molecule has 1 aliphatic heterocycles. The van der Waals surface area contributed by atoms with E-state index in [0.29, 0.717) is 10.4 Å². The highest BCUT2D eigenvalue weighted by molar-refractivity contribution is 9.10. The molecule has 1 amide bonds. The van der Waals surface area contributed by atoms with Gasteiger partial charge in [-0.25, -0.2) is 13.2 Å². The number of nitrogens with zero attached hydrogens (tertiary/aromatic N) is 2. The van der Waals surface area contributed by atoms with E-state index in [-0.39, 0.29) is 37.0 Å². The molecule has 1 fully saturated rings. The van der Waals surface area contributed by atoms with Gasteiger partial charge < -0.3 is 14.1 Å². The maximum atomic E-state index is 12.6. The zero-order valence-corrected chi connectivity index (χ0v) is 17.8. The highest BCUT2D eigenvalue weighted by Gasteiger charge is 2.30. The van der Waals surface area contributed by atoms with Crippen molar-refractivity contribution in [1.82, 2.24) is 9.21 Å². The molecule has 0 atom stereocenters. The summed E-state index contributed by atoms with van der Waals surface area (Å²) in [6, 6.07) is 11.5. The normalized spacial score (nSPS) is 15.6. The molecule has 10 heteroatoms. The number of sulfonamides is 1. The summed E-state index contributed by atoms with van der Waals surface area (Å²) in [5, 5.41) is 0. The number of benzene rings is 1. The molecule has 0 spiro atoms. The Morgan fingerprint density at radius 2 is 1.76 bits per heavy atom. The van der Waals surface area contributed by atoms with Crippen LogP contribution in [0, 0.1) is 0 Å². The van der Waals surface area contributed by atoms with Crippen molar-refractivity contribution in [3.8, 4) is 0 Å². The summed E-state index contributed by atoms with van der Waals surface area (Å²) in [4.78, 5) is 25.7. The number of carbonyl (C=O) groups is 2. The molecule has 0 N–H and O–H groups in total. The quantitative estimate of drug-likeness (QED) is 0.462. The first-order valence-electron chi connectivity index (χ1n) is 8.79. The summed E-state index contributed by atoms with van der Waals surface area (Å²) in [5.41, 5.74) is 0. The third-order valence-electron chi connectivity index (χ3n) is 4.29. The van der Waals surface area contributed by atoms with Gasteiger partial charge in [0.15, 0.2) is 11.3 Å². The minimum atomic E-state index is -3.58. The number of carbonyl (C=O) groups excluding carboxylic acids is 2. The van der Waals surface area contributed by atoms with Crippen LogP contribution in [0.5, 0.6) is 0 Å². The highest BCUT2D eigenvalue weighted by Crippen LogP contribution is 2.17. The van der Waals surface area contributed by atoms with Gasteiger partial charge in [0, 0.05) is 32.3 Å². The van der Waals surface area contributed by atoms with Crippen LogP contribution in [0.2, 0.25) is 0 Å². The molecule has 1 aromatic carbocycles. The molecule has 2 heterocycles. The average molecular weight is 483 g/mol. The van der Waals surface area contributed by atoms with Crippen molar-refractivity contribution >= 4 is 43.9 Å². The number of piperazine rings is 1. The van der Waals surface area contributed by atoms with Gasteiger partial charge in [0.25, 0.3) is 5.91 Å². The second kappa shape index (κ2) is 9.38. The Bertz CT molecular complexity index is 995. The van der Waals surface area contributed by atoms with Crippen molar-refractivity contribution in [3.63, 3.8) is 0 Å². The first-order valence-corrected chi connectivity index (χ1v) is 11.0. The molecular weight excluding hydrogens is 464 g/mol. The average Bonchev–Trinajstić information content (AvgIpc) is 3.16. The smallest absolute Gasteiger partial charge is 0.331 e. The lowest BCUT2D eigenvalue weighted by Crippen LogP contribution is -2.51. The molecule has 2 aromatic rings. The van der Waals surface area contributed by atoms with Gasteiger partial charge in [-0.15, -0.1) is 0 Å². The van der Waals surface area contributed by atoms with Crippen molar-refractivity contribution in [2.75, 3.05) is 32.8 Å². The van der Waals surface area contributed by atoms with E-state index in [1.807, 2.05) is 0 Å². The molecule has 8 nitrogen and oxygen atoms in total. The van der Waals surface area contributed by atoms with Gasteiger partial charge in [0.05, 0.1) is 4.90 Å². The Balaban J connectivity index is 1.46. The van der Waals surface area contributed by atoms with Gasteiger partial charge in [-0.1, -0.05) is 18.2 Å². The fourth-order valence-corrected chi connectivity index (χ4v) is 4.52. The van der Waals surface area contributed by atoms with Crippen LogP contribution in [0.4, 0.5) is 0 Å². The lowest BCUT2D eigenvalue weighted by molar-refractivity contribution is -0.148. The van der Waals surface area contributed by atoms with E-state index in [1.165, 1.54) is 21.4 Å². The van der Waals surface area contributed by atoms with E-state index in [9.17, 15) is 18.0 Å². The molecule has 1 saturated heterocycles. The van der Waals surface area contributed by atoms with E-state index in [0.717, 1.165) is 0 Å². The molecular formula is C19H19BrN2O6S. The number of ether oxygens (including phenoxy) is 1. The highest BCUT2D eigenvalue weighted by atomic mass is 79.9. The van der Waals surface area contributed by atoms with Gasteiger partial charge in [-0.05, 0) is 46.3 Å². The Kier molecular flexibility index (Phi) is 6.88. The second-order valence-electron chi connectivity index (χ2n) is 6.18. The SMILES string of the molecule is O=C(/C=C/c1ccc(Br)o1)OCC(=O)N1CCN(S(=O)(=O)c2ccccc2)CC1. The molecule has 0 bridgehead atoms. The number of furan rings is 1. The molecule has 0 aliphatic carbocycles. The molecule has 1 aromatic heterocycles. The van der Waals surface area contributed by atoms with Crippen molar-refractivity contribution in [1.29, 1.82) is 0 Å².